The molecule has 2 aromatic rings. The fourth-order valence-corrected chi connectivity index (χ4v) is 6.58. The topological polar surface area (TPSA) is 60.9 Å². The molecule has 1 heterocycles. The van der Waals surface area contributed by atoms with Crippen LogP contribution in [0.4, 0.5) is 23.2 Å². The first kappa shape index (κ1) is 27.4. The van der Waals surface area contributed by atoms with Crippen LogP contribution in [0.1, 0.15) is 24.5 Å². The van der Waals surface area contributed by atoms with Gasteiger partial charge in [0.25, 0.3) is 0 Å². The maximum Gasteiger partial charge on any atom is 0.421 e. The third-order valence-electron chi connectivity index (χ3n) is 6.75. The highest BCUT2D eigenvalue weighted by Crippen LogP contribution is 2.39. The first-order valence-corrected chi connectivity index (χ1v) is 13.5. The lowest BCUT2D eigenvalue weighted by Gasteiger charge is -2.43. The van der Waals surface area contributed by atoms with Gasteiger partial charge in [-0.25, -0.2) is 12.8 Å². The number of hydrogen-bond donors (Lipinski definition) is 1. The lowest BCUT2D eigenvalue weighted by Crippen LogP contribution is -2.56. The van der Waals surface area contributed by atoms with E-state index in [-0.39, 0.29) is 36.5 Å². The molecule has 1 N–H and O–H groups in total. The normalized spacial score (nSPS) is 21.0. The van der Waals surface area contributed by atoms with Crippen LogP contribution in [0.2, 0.25) is 0 Å². The van der Waals surface area contributed by atoms with Gasteiger partial charge in [0.2, 0.25) is 10.0 Å². The summed E-state index contributed by atoms with van der Waals surface area (Å²) in [5, 5.41) is 10.00. The van der Waals surface area contributed by atoms with Crippen molar-refractivity contribution in [1.82, 2.24) is 4.31 Å². The summed E-state index contributed by atoms with van der Waals surface area (Å²) in [6.45, 7) is 1.06. The van der Waals surface area contributed by atoms with Crippen molar-refractivity contribution in [3.05, 3.63) is 88.6 Å². The van der Waals surface area contributed by atoms with E-state index in [1.54, 1.807) is 30.4 Å². The van der Waals surface area contributed by atoms with Crippen molar-refractivity contribution >= 4 is 32.8 Å². The van der Waals surface area contributed by atoms with Crippen molar-refractivity contribution in [1.29, 1.82) is 0 Å². The monoisotopic (exact) mass is 554 g/mol. The maximum absolute atomic E-state index is 14.5. The summed E-state index contributed by atoms with van der Waals surface area (Å²) >= 11 is 5.28. The Morgan fingerprint density at radius 2 is 1.76 bits per heavy atom. The van der Waals surface area contributed by atoms with E-state index >= 15 is 0 Å². The Morgan fingerprint density at radius 1 is 1.08 bits per heavy atom. The van der Waals surface area contributed by atoms with E-state index in [0.717, 1.165) is 0 Å². The second-order valence-electron chi connectivity index (χ2n) is 9.21. The smallest absolute Gasteiger partial charge is 0.376 e. The molecular weight excluding hydrogens is 528 g/mol. The van der Waals surface area contributed by atoms with Gasteiger partial charge in [-0.05, 0) is 48.7 Å². The van der Waals surface area contributed by atoms with Crippen molar-refractivity contribution in [2.75, 3.05) is 24.5 Å². The van der Waals surface area contributed by atoms with Crippen molar-refractivity contribution < 1.29 is 31.1 Å². The first-order chi connectivity index (χ1) is 17.3. The Bertz CT molecular complexity index is 1340. The van der Waals surface area contributed by atoms with E-state index < -0.39 is 33.7 Å². The van der Waals surface area contributed by atoms with E-state index in [4.69, 9.17) is 12.2 Å². The van der Waals surface area contributed by atoms with Gasteiger partial charge in [-0.1, -0.05) is 54.7 Å². The fourth-order valence-electron chi connectivity index (χ4n) is 4.51. The number of halogens is 4. The first-order valence-electron chi connectivity index (χ1n) is 11.6. The molecule has 198 valence electrons. The van der Waals surface area contributed by atoms with Crippen LogP contribution in [0.25, 0.3) is 0 Å². The molecule has 0 spiro atoms. The number of alkyl halides is 3. The van der Waals surface area contributed by atoms with Gasteiger partial charge < -0.3 is 10.0 Å². The largest absolute Gasteiger partial charge is 0.421 e. The molecule has 1 aliphatic carbocycles. The quantitative estimate of drug-likeness (QED) is 0.408. The van der Waals surface area contributed by atoms with Gasteiger partial charge in [-0.3, -0.25) is 0 Å². The number of benzene rings is 2. The SMILES string of the molecule is CC(O)(c1ccc(N2CCN(S(=O)(=O)C3=CC=CCC3=S)CC2Cc2ccccc2F)cc1)C(F)(F)F. The van der Waals surface area contributed by atoms with Gasteiger partial charge in [0.1, 0.15) is 5.82 Å². The molecule has 0 saturated carbocycles. The molecule has 0 amide bonds. The molecule has 2 atom stereocenters. The van der Waals surface area contributed by atoms with Crippen LogP contribution in [0.5, 0.6) is 0 Å². The van der Waals surface area contributed by atoms with Crippen molar-refractivity contribution in [3.63, 3.8) is 0 Å². The molecule has 1 saturated heterocycles. The summed E-state index contributed by atoms with van der Waals surface area (Å²) in [6, 6.07) is 11.0. The van der Waals surface area contributed by atoms with Crippen LogP contribution in [-0.2, 0) is 22.0 Å². The summed E-state index contributed by atoms with van der Waals surface area (Å²) in [5.41, 5.74) is -2.41. The highest BCUT2D eigenvalue weighted by atomic mass is 32.2. The number of aliphatic hydroxyl groups is 1. The molecule has 1 fully saturated rings. The summed E-state index contributed by atoms with van der Waals surface area (Å²) in [7, 11) is -3.89. The number of hydrogen-bond acceptors (Lipinski definition) is 5. The highest BCUT2D eigenvalue weighted by molar-refractivity contribution is 7.96. The van der Waals surface area contributed by atoms with Crippen LogP contribution < -0.4 is 4.90 Å². The standard InChI is InChI=1S/C26H26F4N2O3S2/c1-25(33,26(28,29)30)19-10-12-20(13-11-19)32-15-14-31(37(34,35)24-9-5-4-8-23(24)36)17-21(32)16-18-6-2-3-7-22(18)27/h2-7,9-13,21,33H,8,14-17H2,1H3. The molecule has 0 bridgehead atoms. The van der Waals surface area contributed by atoms with E-state index in [2.05, 4.69) is 0 Å². The van der Waals surface area contributed by atoms with E-state index in [0.29, 0.717) is 29.5 Å². The van der Waals surface area contributed by atoms with E-state index in [1.807, 2.05) is 4.90 Å². The lowest BCUT2D eigenvalue weighted by atomic mass is 9.94. The number of nitrogens with zero attached hydrogens (tertiary/aromatic N) is 2. The van der Waals surface area contributed by atoms with Crippen LogP contribution in [0.15, 0.2) is 71.7 Å². The minimum atomic E-state index is -4.86. The van der Waals surface area contributed by atoms with E-state index in [9.17, 15) is 31.1 Å². The van der Waals surface area contributed by atoms with Gasteiger partial charge >= 0.3 is 6.18 Å². The van der Waals surface area contributed by atoms with Gasteiger partial charge in [0.05, 0.1) is 4.91 Å². The average Bonchev–Trinajstić information content (AvgIpc) is 2.85. The molecule has 4 rings (SSSR count). The van der Waals surface area contributed by atoms with Crippen LogP contribution in [0, 0.1) is 5.82 Å². The minimum absolute atomic E-state index is 0.0301. The van der Waals surface area contributed by atoms with Crippen molar-refractivity contribution in [3.8, 4) is 0 Å². The van der Waals surface area contributed by atoms with Crippen molar-refractivity contribution in [2.24, 2.45) is 0 Å². The molecule has 0 radical (unpaired) electrons. The van der Waals surface area contributed by atoms with Crippen LogP contribution in [0.3, 0.4) is 0 Å². The number of allylic oxidation sites excluding steroid dienone is 4. The zero-order valence-corrected chi connectivity index (χ0v) is 21.6. The van der Waals surface area contributed by atoms with Crippen LogP contribution >= 0.6 is 12.2 Å². The third-order valence-corrected chi connectivity index (χ3v) is 9.22. The average molecular weight is 555 g/mol. The fraction of sp³-hybridized carbons (Fsp3) is 0.346. The van der Waals surface area contributed by atoms with Gasteiger partial charge in [-0.15, -0.1) is 0 Å². The molecule has 11 heteroatoms. The Labute approximate surface area is 218 Å². The van der Waals surface area contributed by atoms with Gasteiger partial charge in [-0.2, -0.15) is 17.5 Å². The zero-order chi connectivity index (χ0) is 27.0. The number of sulfonamides is 1. The number of anilines is 1. The summed E-state index contributed by atoms with van der Waals surface area (Å²) < 4.78 is 82.5. The van der Waals surface area contributed by atoms with Crippen LogP contribution in [-0.4, -0.2) is 54.5 Å². The highest BCUT2D eigenvalue weighted by Gasteiger charge is 2.51. The molecule has 37 heavy (non-hydrogen) atoms. The zero-order valence-electron chi connectivity index (χ0n) is 20.0. The number of rotatable bonds is 6. The Morgan fingerprint density at radius 3 is 2.38 bits per heavy atom. The third kappa shape index (κ3) is 5.50. The Balaban J connectivity index is 1.65. The summed E-state index contributed by atoms with van der Waals surface area (Å²) in [5.74, 6) is -0.430. The molecular formula is C26H26F4N2O3S2. The maximum atomic E-state index is 14.5. The minimum Gasteiger partial charge on any atom is -0.376 e. The molecule has 1 aliphatic heterocycles. The predicted molar refractivity (Wildman–Crippen MR) is 138 cm³/mol. The van der Waals surface area contributed by atoms with E-state index in [1.165, 1.54) is 40.7 Å². The molecule has 0 aromatic heterocycles. The molecule has 2 aliphatic rings. The Hall–Kier alpha value is -2.60. The lowest BCUT2D eigenvalue weighted by molar-refractivity contribution is -0.258. The second-order valence-corrected chi connectivity index (χ2v) is 11.6. The summed E-state index contributed by atoms with van der Waals surface area (Å²) in [6.07, 6.45) is 0.570. The van der Waals surface area contributed by atoms with Gasteiger partial charge in [0, 0.05) is 42.6 Å². The predicted octanol–water partition coefficient (Wildman–Crippen LogP) is 4.87. The second kappa shape index (κ2) is 10.3. The molecule has 5 nitrogen and oxygen atoms in total. The summed E-state index contributed by atoms with van der Waals surface area (Å²) in [4.78, 5) is 2.25. The molecule has 2 unspecified atom stereocenters. The van der Waals surface area contributed by atoms with Gasteiger partial charge in [0.15, 0.2) is 5.60 Å². The van der Waals surface area contributed by atoms with Crippen molar-refractivity contribution in [2.45, 2.75) is 37.6 Å². The molecule has 2 aromatic carbocycles. The number of thiocarbonyl (C=S) groups is 1. The number of piperazine rings is 1. The Kier molecular flexibility index (Phi) is 7.62.